The zero-order valence-electron chi connectivity index (χ0n) is 32.6. The first-order valence-corrected chi connectivity index (χ1v) is 21.7. The molecule has 0 saturated heterocycles. The minimum absolute atomic E-state index is 0.250. The maximum Gasteiger partial charge on any atom is 0.136 e. The Morgan fingerprint density at radius 2 is 0.917 bits per heavy atom. The first-order chi connectivity index (χ1) is 29.8. The van der Waals surface area contributed by atoms with Crippen LogP contribution in [0.4, 0.5) is 0 Å². The van der Waals surface area contributed by atoms with E-state index in [1.54, 1.807) is 0 Å². The van der Waals surface area contributed by atoms with Gasteiger partial charge < -0.3 is 4.42 Å². The van der Waals surface area contributed by atoms with E-state index in [1.165, 1.54) is 103 Å². The molecule has 2 aliphatic rings. The van der Waals surface area contributed by atoms with Crippen molar-refractivity contribution in [3.63, 3.8) is 0 Å². The molecule has 0 N–H and O–H groups in total. The van der Waals surface area contributed by atoms with Crippen LogP contribution in [-0.2, 0) is 0 Å². The van der Waals surface area contributed by atoms with E-state index in [4.69, 9.17) is 4.42 Å². The number of para-hydroxylation sites is 1. The summed E-state index contributed by atoms with van der Waals surface area (Å²) in [7, 11) is 0. The van der Waals surface area contributed by atoms with Gasteiger partial charge in [0.15, 0.2) is 0 Å². The van der Waals surface area contributed by atoms with E-state index in [1.807, 2.05) is 11.8 Å². The molecular weight excluding hydrogens is 745 g/mol. The molecule has 2 heterocycles. The molecule has 1 aliphatic heterocycles. The highest BCUT2D eigenvalue weighted by atomic mass is 32.2. The zero-order valence-corrected chi connectivity index (χ0v) is 33.4. The molecule has 10 aromatic carbocycles. The molecule has 1 nitrogen and oxygen atoms in total. The molecule has 0 spiro atoms. The third kappa shape index (κ3) is 4.89. The van der Waals surface area contributed by atoms with Crippen molar-refractivity contribution in [1.82, 2.24) is 0 Å². The summed E-state index contributed by atoms with van der Waals surface area (Å²) in [5.41, 5.74) is 13.6. The number of hydrogen-bond donors (Lipinski definition) is 0. The average molecular weight is 781 g/mol. The van der Waals surface area contributed by atoms with Gasteiger partial charge in [0.05, 0.1) is 0 Å². The van der Waals surface area contributed by atoms with Crippen molar-refractivity contribution in [2.75, 3.05) is 0 Å². The van der Waals surface area contributed by atoms with Crippen molar-refractivity contribution in [3.8, 4) is 33.4 Å². The summed E-state index contributed by atoms with van der Waals surface area (Å²) in [6.07, 6.45) is 7.14. The summed E-state index contributed by atoms with van der Waals surface area (Å²) in [5, 5.41) is 12.8. The topological polar surface area (TPSA) is 13.1 Å². The Hall–Kier alpha value is -7.13. The van der Waals surface area contributed by atoms with Crippen molar-refractivity contribution in [1.29, 1.82) is 0 Å². The van der Waals surface area contributed by atoms with Crippen LogP contribution in [0.3, 0.4) is 0 Å². The van der Waals surface area contributed by atoms with Gasteiger partial charge in [-0.2, -0.15) is 0 Å². The number of benzene rings is 10. The number of thioether (sulfide) groups is 1. The first-order valence-electron chi connectivity index (χ1n) is 20.8. The number of allylic oxidation sites excluding steroid dienone is 3. The van der Waals surface area contributed by atoms with Gasteiger partial charge in [-0.05, 0) is 117 Å². The first kappa shape index (κ1) is 33.8. The van der Waals surface area contributed by atoms with Crippen LogP contribution in [0.25, 0.3) is 104 Å². The van der Waals surface area contributed by atoms with Gasteiger partial charge in [-0.1, -0.05) is 182 Å². The molecular formula is C58H36OS. The largest absolute Gasteiger partial charge is 0.456 e. The fraction of sp³-hybridized carbons (Fsp3) is 0.0345. The minimum Gasteiger partial charge on any atom is -0.456 e. The maximum atomic E-state index is 6.41. The van der Waals surface area contributed by atoms with Crippen molar-refractivity contribution in [2.24, 2.45) is 0 Å². The van der Waals surface area contributed by atoms with Crippen molar-refractivity contribution in [2.45, 2.75) is 16.1 Å². The molecule has 280 valence electrons. The Labute approximate surface area is 351 Å². The Kier molecular flexibility index (Phi) is 7.43. The number of furan rings is 1. The van der Waals surface area contributed by atoms with Gasteiger partial charge in [0.1, 0.15) is 11.2 Å². The lowest BCUT2D eigenvalue weighted by atomic mass is 9.79. The van der Waals surface area contributed by atoms with Crippen LogP contribution in [0.1, 0.15) is 17.0 Å². The molecule has 0 saturated carbocycles. The van der Waals surface area contributed by atoms with E-state index < -0.39 is 0 Å². The highest BCUT2D eigenvalue weighted by Crippen LogP contribution is 2.56. The van der Waals surface area contributed by atoms with Crippen LogP contribution in [-0.4, -0.2) is 5.25 Å². The third-order valence-corrected chi connectivity index (χ3v) is 14.5. The van der Waals surface area contributed by atoms with Crippen LogP contribution in [0.5, 0.6) is 0 Å². The van der Waals surface area contributed by atoms with E-state index in [2.05, 4.69) is 206 Å². The summed E-state index contributed by atoms with van der Waals surface area (Å²) in [5.74, 6) is 0.250. The maximum absolute atomic E-state index is 6.41. The van der Waals surface area contributed by atoms with Gasteiger partial charge in [0, 0.05) is 26.8 Å². The second-order valence-electron chi connectivity index (χ2n) is 16.1. The lowest BCUT2D eigenvalue weighted by molar-refractivity contribution is 0.669. The van der Waals surface area contributed by atoms with Gasteiger partial charge in [0.25, 0.3) is 0 Å². The van der Waals surface area contributed by atoms with Crippen molar-refractivity contribution < 1.29 is 4.42 Å². The molecule has 2 heteroatoms. The molecule has 0 fully saturated rings. The predicted octanol–water partition coefficient (Wildman–Crippen LogP) is 16.4. The predicted molar refractivity (Wildman–Crippen MR) is 256 cm³/mol. The standard InChI is InChI=1S/C58H36OS/c1-2-16-35(17-3-1)53-37-18-4-10-24-43(37)56(44-25-11-5-19-38(44)53)48-29-14-27-45-49-34-36(32-33-52(49)60-58(45)48)54-39-20-6-8-22-41(39)55(42-23-9-7-21-40(42)54)47-28-15-31-51-57(47)46-26-12-13-30-50(46)59-51/h1-34,45,58H. The quantitative estimate of drug-likeness (QED) is 0.165. The van der Waals surface area contributed by atoms with Gasteiger partial charge >= 0.3 is 0 Å². The smallest absolute Gasteiger partial charge is 0.136 e. The van der Waals surface area contributed by atoms with Crippen molar-refractivity contribution >= 4 is 82.4 Å². The van der Waals surface area contributed by atoms with Crippen molar-refractivity contribution in [3.05, 3.63) is 217 Å². The van der Waals surface area contributed by atoms with Gasteiger partial charge in [0.2, 0.25) is 0 Å². The third-order valence-electron chi connectivity index (χ3n) is 13.0. The molecule has 0 amide bonds. The Morgan fingerprint density at radius 1 is 0.400 bits per heavy atom. The van der Waals surface area contributed by atoms with Crippen LogP contribution < -0.4 is 0 Å². The van der Waals surface area contributed by atoms with E-state index in [0.29, 0.717) is 0 Å². The Balaban J connectivity index is 0.981. The lowest BCUT2D eigenvalue weighted by Gasteiger charge is -2.26. The molecule has 0 bridgehead atoms. The highest BCUT2D eigenvalue weighted by Gasteiger charge is 2.37. The molecule has 1 aliphatic carbocycles. The summed E-state index contributed by atoms with van der Waals surface area (Å²) >= 11 is 2.03. The van der Waals surface area contributed by atoms with Gasteiger partial charge in [-0.3, -0.25) is 0 Å². The molecule has 60 heavy (non-hydrogen) atoms. The molecule has 1 aromatic heterocycles. The normalized spacial score (nSPS) is 16.0. The van der Waals surface area contributed by atoms with Crippen LogP contribution in [0.2, 0.25) is 0 Å². The van der Waals surface area contributed by atoms with E-state index in [0.717, 1.165) is 16.6 Å². The average Bonchev–Trinajstić information content (AvgIpc) is 3.89. The van der Waals surface area contributed by atoms with Crippen LogP contribution in [0, 0.1) is 0 Å². The van der Waals surface area contributed by atoms with E-state index >= 15 is 0 Å². The molecule has 0 radical (unpaired) electrons. The molecule has 11 aromatic rings. The summed E-state index contributed by atoms with van der Waals surface area (Å²) in [6, 6.07) is 69.1. The fourth-order valence-corrected chi connectivity index (χ4v) is 12.0. The van der Waals surface area contributed by atoms with Gasteiger partial charge in [-0.15, -0.1) is 11.8 Å². The van der Waals surface area contributed by atoms with E-state index in [9.17, 15) is 0 Å². The minimum atomic E-state index is 0.250. The molecule has 2 unspecified atom stereocenters. The number of fused-ring (bicyclic) bond motifs is 10. The Bertz CT molecular complexity index is 3530. The van der Waals surface area contributed by atoms with Crippen LogP contribution >= 0.6 is 11.8 Å². The summed E-state index contributed by atoms with van der Waals surface area (Å²) < 4.78 is 6.41. The lowest BCUT2D eigenvalue weighted by Crippen LogP contribution is -2.14. The molecule has 13 rings (SSSR count). The monoisotopic (exact) mass is 780 g/mol. The van der Waals surface area contributed by atoms with Crippen LogP contribution in [0.15, 0.2) is 216 Å². The SMILES string of the molecule is C1=CC2c3cc(-c4c5ccccc5c(-c5cccc6oc7ccccc7c56)c5ccccc45)ccc3SC2C(c2c3ccccc3c(-c3ccccc3)c3ccccc23)=C1. The second-order valence-corrected chi connectivity index (χ2v) is 17.3. The fourth-order valence-electron chi connectivity index (χ4n) is 10.6. The van der Waals surface area contributed by atoms with Gasteiger partial charge in [-0.25, -0.2) is 0 Å². The summed E-state index contributed by atoms with van der Waals surface area (Å²) in [4.78, 5) is 1.37. The summed E-state index contributed by atoms with van der Waals surface area (Å²) in [6.45, 7) is 0. The molecule has 2 atom stereocenters. The zero-order chi connectivity index (χ0) is 39.3. The Morgan fingerprint density at radius 3 is 1.55 bits per heavy atom. The van der Waals surface area contributed by atoms with E-state index in [-0.39, 0.29) is 11.2 Å². The highest BCUT2D eigenvalue weighted by molar-refractivity contribution is 8.00. The number of hydrogen-bond acceptors (Lipinski definition) is 2. The number of rotatable bonds is 4. The second kappa shape index (κ2) is 13.2.